The molecule has 0 aromatic heterocycles. The molecule has 6 nitrogen and oxygen atoms in total. The fraction of sp³-hybridized carbons (Fsp3) is 0.176. The number of urea groups is 1. The number of hydrogen-bond acceptors (Lipinski definition) is 4. The minimum Gasteiger partial charge on any atom is -0.482 e. The molecule has 0 aliphatic rings. The van der Waals surface area contributed by atoms with Crippen LogP contribution < -0.4 is 15.4 Å². The smallest absolute Gasteiger partial charge is 0.343 e. The highest BCUT2D eigenvalue weighted by Crippen LogP contribution is 2.17. The second kappa shape index (κ2) is 8.43. The maximum absolute atomic E-state index is 11.9. The Hall–Kier alpha value is -3.02. The van der Waals surface area contributed by atoms with Gasteiger partial charge in [-0.3, -0.25) is 0 Å². The van der Waals surface area contributed by atoms with E-state index in [1.807, 2.05) is 30.3 Å². The zero-order chi connectivity index (χ0) is 16.5. The number of esters is 1. The normalized spacial score (nSPS) is 9.78. The average Bonchev–Trinajstić information content (AvgIpc) is 2.59. The minimum atomic E-state index is -0.469. The van der Waals surface area contributed by atoms with Gasteiger partial charge in [-0.15, -0.1) is 0 Å². The second-order valence-electron chi connectivity index (χ2n) is 4.69. The van der Waals surface area contributed by atoms with Gasteiger partial charge in [-0.1, -0.05) is 36.4 Å². The lowest BCUT2D eigenvalue weighted by atomic mass is 10.2. The van der Waals surface area contributed by atoms with Crippen molar-refractivity contribution in [3.63, 3.8) is 0 Å². The third-order valence-electron chi connectivity index (χ3n) is 2.97. The molecule has 2 aromatic carbocycles. The molecule has 0 aliphatic heterocycles. The third kappa shape index (κ3) is 5.70. The predicted octanol–water partition coefficient (Wildman–Crippen LogP) is 2.56. The van der Waals surface area contributed by atoms with Crippen molar-refractivity contribution in [3.05, 3.63) is 60.2 Å². The van der Waals surface area contributed by atoms with Crippen molar-refractivity contribution in [2.45, 2.75) is 6.54 Å². The maximum Gasteiger partial charge on any atom is 0.343 e. The molecule has 0 heterocycles. The number of amides is 2. The van der Waals surface area contributed by atoms with E-state index in [4.69, 9.17) is 4.74 Å². The fourth-order valence-electron chi connectivity index (χ4n) is 1.82. The van der Waals surface area contributed by atoms with Crippen LogP contribution in [0, 0.1) is 0 Å². The van der Waals surface area contributed by atoms with Crippen LogP contribution in [0.2, 0.25) is 0 Å². The number of nitrogens with one attached hydrogen (secondary N) is 2. The van der Waals surface area contributed by atoms with E-state index in [1.165, 1.54) is 7.11 Å². The number of carbonyl (C=O) groups excluding carboxylic acids is 2. The summed E-state index contributed by atoms with van der Waals surface area (Å²) in [5.74, 6) is 0.000209. The molecule has 0 saturated heterocycles. The van der Waals surface area contributed by atoms with E-state index in [0.717, 1.165) is 5.56 Å². The number of rotatable bonds is 6. The zero-order valence-corrected chi connectivity index (χ0v) is 12.7. The summed E-state index contributed by atoms with van der Waals surface area (Å²) in [4.78, 5) is 22.9. The Balaban J connectivity index is 1.84. The van der Waals surface area contributed by atoms with E-state index in [9.17, 15) is 9.59 Å². The Bertz CT molecular complexity index is 659. The molecule has 2 N–H and O–H groups in total. The summed E-state index contributed by atoms with van der Waals surface area (Å²) in [7, 11) is 1.29. The molecule has 6 heteroatoms. The van der Waals surface area contributed by atoms with E-state index < -0.39 is 5.97 Å². The summed E-state index contributed by atoms with van der Waals surface area (Å²) in [6.07, 6.45) is 0. The lowest BCUT2D eigenvalue weighted by molar-refractivity contribution is -0.142. The first-order valence-corrected chi connectivity index (χ1v) is 7.06. The summed E-state index contributed by atoms with van der Waals surface area (Å²) in [6.45, 7) is 0.255. The molecule has 2 rings (SSSR count). The molecule has 0 saturated carbocycles. The van der Waals surface area contributed by atoms with Crippen molar-refractivity contribution in [3.8, 4) is 5.75 Å². The first kappa shape index (κ1) is 16.4. The van der Waals surface area contributed by atoms with Crippen molar-refractivity contribution in [2.24, 2.45) is 0 Å². The Morgan fingerprint density at radius 1 is 1.04 bits per heavy atom. The van der Waals surface area contributed by atoms with E-state index in [2.05, 4.69) is 15.4 Å². The van der Waals surface area contributed by atoms with Crippen LogP contribution in [0.4, 0.5) is 10.5 Å². The van der Waals surface area contributed by atoms with Crippen molar-refractivity contribution >= 4 is 17.7 Å². The van der Waals surface area contributed by atoms with Crippen molar-refractivity contribution < 1.29 is 19.1 Å². The molecule has 120 valence electrons. The first-order chi connectivity index (χ1) is 11.2. The van der Waals surface area contributed by atoms with Crippen LogP contribution in [0.1, 0.15) is 5.56 Å². The fourth-order valence-corrected chi connectivity index (χ4v) is 1.82. The quantitative estimate of drug-likeness (QED) is 0.803. The van der Waals surface area contributed by atoms with Crippen molar-refractivity contribution in [2.75, 3.05) is 19.0 Å². The minimum absolute atomic E-state index is 0.180. The number of methoxy groups -OCH3 is 1. The molecule has 0 aliphatic carbocycles. The lowest BCUT2D eigenvalue weighted by Gasteiger charge is -2.09. The van der Waals surface area contributed by atoms with Crippen molar-refractivity contribution in [1.82, 2.24) is 5.32 Å². The second-order valence-corrected chi connectivity index (χ2v) is 4.69. The van der Waals surface area contributed by atoms with Gasteiger partial charge < -0.3 is 20.1 Å². The third-order valence-corrected chi connectivity index (χ3v) is 2.97. The molecule has 0 bridgehead atoms. The van der Waals surface area contributed by atoms with Crippen LogP contribution in [0.5, 0.6) is 5.75 Å². The zero-order valence-electron chi connectivity index (χ0n) is 12.7. The number of ether oxygens (including phenoxy) is 2. The Morgan fingerprint density at radius 2 is 1.83 bits per heavy atom. The lowest BCUT2D eigenvalue weighted by Crippen LogP contribution is -2.28. The number of benzene rings is 2. The van der Waals surface area contributed by atoms with Gasteiger partial charge in [0.2, 0.25) is 0 Å². The van der Waals surface area contributed by atoms with Crippen LogP contribution in [0.25, 0.3) is 0 Å². The van der Waals surface area contributed by atoms with E-state index >= 15 is 0 Å². The Kier molecular flexibility index (Phi) is 5.99. The van der Waals surface area contributed by atoms with Gasteiger partial charge in [0.05, 0.1) is 7.11 Å². The van der Waals surface area contributed by atoms with Crippen LogP contribution in [0.15, 0.2) is 54.6 Å². The molecule has 0 fully saturated rings. The Labute approximate surface area is 134 Å². The summed E-state index contributed by atoms with van der Waals surface area (Å²) in [5.41, 5.74) is 1.58. The SMILES string of the molecule is COC(=O)COc1cccc(NC(=O)NCc2ccccc2)c1. The van der Waals surface area contributed by atoms with Gasteiger partial charge in [-0.25, -0.2) is 9.59 Å². The molecule has 0 spiro atoms. The standard InChI is InChI=1S/C17H18N2O4/c1-22-16(20)12-23-15-9-5-8-14(10-15)19-17(21)18-11-13-6-3-2-4-7-13/h2-10H,11-12H2,1H3,(H2,18,19,21). The number of anilines is 1. The average molecular weight is 314 g/mol. The highest BCUT2D eigenvalue weighted by atomic mass is 16.6. The number of carbonyl (C=O) groups is 2. The van der Waals surface area contributed by atoms with E-state index in [0.29, 0.717) is 18.0 Å². The highest BCUT2D eigenvalue weighted by Gasteiger charge is 2.05. The van der Waals surface area contributed by atoms with E-state index in [-0.39, 0.29) is 12.6 Å². The van der Waals surface area contributed by atoms with Crippen LogP contribution in [-0.4, -0.2) is 25.7 Å². The van der Waals surface area contributed by atoms with Gasteiger partial charge in [-0.2, -0.15) is 0 Å². The molecule has 0 radical (unpaired) electrons. The summed E-state index contributed by atoms with van der Waals surface area (Å²) in [5, 5.41) is 5.47. The number of hydrogen-bond donors (Lipinski definition) is 2. The van der Waals surface area contributed by atoms with Crippen LogP contribution in [-0.2, 0) is 16.1 Å². The molecular weight excluding hydrogens is 296 g/mol. The van der Waals surface area contributed by atoms with Gasteiger partial charge in [0, 0.05) is 18.3 Å². The van der Waals surface area contributed by atoms with Gasteiger partial charge in [0.1, 0.15) is 5.75 Å². The summed E-state index contributed by atoms with van der Waals surface area (Å²) in [6, 6.07) is 16.1. The highest BCUT2D eigenvalue weighted by molar-refractivity contribution is 5.89. The van der Waals surface area contributed by atoms with Gasteiger partial charge >= 0.3 is 12.0 Å². The van der Waals surface area contributed by atoms with Gasteiger partial charge in [0.25, 0.3) is 0 Å². The molecule has 0 atom stereocenters. The van der Waals surface area contributed by atoms with Crippen LogP contribution in [0.3, 0.4) is 0 Å². The van der Waals surface area contributed by atoms with Crippen molar-refractivity contribution in [1.29, 1.82) is 0 Å². The van der Waals surface area contributed by atoms with Crippen LogP contribution >= 0.6 is 0 Å². The predicted molar refractivity (Wildman–Crippen MR) is 86.3 cm³/mol. The molecule has 0 unspecified atom stereocenters. The largest absolute Gasteiger partial charge is 0.482 e. The molecule has 2 aromatic rings. The summed E-state index contributed by atoms with van der Waals surface area (Å²) >= 11 is 0. The maximum atomic E-state index is 11.9. The Morgan fingerprint density at radius 3 is 2.57 bits per heavy atom. The topological polar surface area (TPSA) is 76.7 Å². The first-order valence-electron chi connectivity index (χ1n) is 7.06. The summed E-state index contributed by atoms with van der Waals surface area (Å²) < 4.78 is 9.76. The van der Waals surface area contributed by atoms with Gasteiger partial charge in [-0.05, 0) is 17.7 Å². The molecular formula is C17H18N2O4. The molecule has 23 heavy (non-hydrogen) atoms. The van der Waals surface area contributed by atoms with E-state index in [1.54, 1.807) is 24.3 Å². The van der Waals surface area contributed by atoms with Gasteiger partial charge in [0.15, 0.2) is 6.61 Å². The monoisotopic (exact) mass is 314 g/mol. The molecule has 2 amide bonds.